The fraction of sp³-hybridized carbons (Fsp3) is 0.222. The second-order valence-electron chi connectivity index (χ2n) is 5.82. The first-order valence-electron chi connectivity index (χ1n) is 7.83. The summed E-state index contributed by atoms with van der Waals surface area (Å²) < 4.78 is 0. The fourth-order valence-electron chi connectivity index (χ4n) is 2.79. The number of nitrogens with one attached hydrogen (secondary N) is 1. The number of nitrogens with zero attached hydrogens (tertiary/aromatic N) is 3. The van der Waals surface area contributed by atoms with Crippen LogP contribution in [0.2, 0.25) is 0 Å². The summed E-state index contributed by atoms with van der Waals surface area (Å²) in [6, 6.07) is 7.81. The molecule has 0 saturated heterocycles. The quantitative estimate of drug-likeness (QED) is 0.778. The van der Waals surface area contributed by atoms with E-state index in [1.54, 1.807) is 29.9 Å². The first-order valence-corrected chi connectivity index (χ1v) is 8.71. The van der Waals surface area contributed by atoms with Gasteiger partial charge in [0.25, 0.3) is 0 Å². The predicted octanol–water partition coefficient (Wildman–Crippen LogP) is 3.02. The highest BCUT2D eigenvalue weighted by molar-refractivity contribution is 7.09. The van der Waals surface area contributed by atoms with E-state index in [1.165, 1.54) is 0 Å². The molecule has 4 rings (SSSR count). The van der Waals surface area contributed by atoms with Gasteiger partial charge in [-0.3, -0.25) is 14.8 Å². The van der Waals surface area contributed by atoms with Gasteiger partial charge >= 0.3 is 0 Å². The van der Waals surface area contributed by atoms with Crippen molar-refractivity contribution in [2.75, 3.05) is 0 Å². The third-order valence-corrected chi connectivity index (χ3v) is 5.03. The van der Waals surface area contributed by atoms with Gasteiger partial charge in [-0.2, -0.15) is 0 Å². The smallest absolute Gasteiger partial charge is 0.224 e. The topological polar surface area (TPSA) is 67.8 Å². The number of pyridine rings is 2. The van der Waals surface area contributed by atoms with Crippen molar-refractivity contribution < 1.29 is 4.79 Å². The number of thiazole rings is 1. The van der Waals surface area contributed by atoms with Gasteiger partial charge in [-0.1, -0.05) is 6.07 Å². The van der Waals surface area contributed by atoms with Gasteiger partial charge in [0.15, 0.2) is 0 Å². The molecule has 120 valence electrons. The zero-order chi connectivity index (χ0) is 16.4. The molecule has 3 heterocycles. The van der Waals surface area contributed by atoms with Crippen molar-refractivity contribution in [3.63, 3.8) is 0 Å². The zero-order valence-corrected chi connectivity index (χ0v) is 13.7. The Hall–Kier alpha value is -2.60. The Morgan fingerprint density at radius 3 is 2.88 bits per heavy atom. The molecule has 5 nitrogen and oxygen atoms in total. The number of amides is 1. The van der Waals surface area contributed by atoms with Gasteiger partial charge in [0.1, 0.15) is 5.01 Å². The summed E-state index contributed by atoms with van der Waals surface area (Å²) in [7, 11) is 0. The van der Waals surface area contributed by atoms with Gasteiger partial charge < -0.3 is 5.32 Å². The molecule has 3 aromatic heterocycles. The lowest BCUT2D eigenvalue weighted by molar-refractivity contribution is -0.122. The van der Waals surface area contributed by atoms with Gasteiger partial charge in [0.05, 0.1) is 12.2 Å². The van der Waals surface area contributed by atoms with E-state index < -0.39 is 0 Å². The summed E-state index contributed by atoms with van der Waals surface area (Å²) in [5.74, 6) is 0.473. The van der Waals surface area contributed by atoms with E-state index in [0.29, 0.717) is 12.5 Å². The SMILES string of the molecule is O=C(NCc1nc(-c2ccncc2)cs1)[C@@H]1C[C@H]1c1cccnc1. The standard InChI is InChI=1S/C18H16N4OS/c23-18(15-8-14(15)13-2-1-5-20-9-13)21-10-17-22-16(11-24-17)12-3-6-19-7-4-12/h1-7,9,11,14-15H,8,10H2,(H,21,23)/t14-,15+/m0/s1. The molecule has 1 amide bonds. The Morgan fingerprint density at radius 1 is 1.21 bits per heavy atom. The Morgan fingerprint density at radius 2 is 2.08 bits per heavy atom. The molecule has 1 N–H and O–H groups in total. The first-order chi connectivity index (χ1) is 11.8. The number of carbonyl (C=O) groups is 1. The second kappa shape index (κ2) is 6.49. The molecule has 1 aliphatic carbocycles. The van der Waals surface area contributed by atoms with Gasteiger partial charge in [0.2, 0.25) is 5.91 Å². The summed E-state index contributed by atoms with van der Waals surface area (Å²) in [4.78, 5) is 25.0. The van der Waals surface area contributed by atoms with E-state index in [2.05, 4.69) is 20.3 Å². The van der Waals surface area contributed by atoms with E-state index in [9.17, 15) is 4.79 Å². The molecular weight excluding hydrogens is 320 g/mol. The van der Waals surface area contributed by atoms with Crippen molar-refractivity contribution in [1.82, 2.24) is 20.3 Å². The number of rotatable bonds is 5. The molecule has 24 heavy (non-hydrogen) atoms. The van der Waals surface area contributed by atoms with Crippen LogP contribution in [0.3, 0.4) is 0 Å². The predicted molar refractivity (Wildman–Crippen MR) is 92.3 cm³/mol. The molecule has 0 aromatic carbocycles. The second-order valence-corrected chi connectivity index (χ2v) is 6.76. The minimum atomic E-state index is 0.0637. The highest BCUT2D eigenvalue weighted by Gasteiger charge is 2.43. The van der Waals surface area contributed by atoms with Crippen LogP contribution in [0.25, 0.3) is 11.3 Å². The van der Waals surface area contributed by atoms with Gasteiger partial charge in [-0.15, -0.1) is 11.3 Å². The van der Waals surface area contributed by atoms with Crippen LogP contribution in [-0.2, 0) is 11.3 Å². The van der Waals surface area contributed by atoms with Crippen LogP contribution in [0, 0.1) is 5.92 Å². The zero-order valence-electron chi connectivity index (χ0n) is 12.9. The van der Waals surface area contributed by atoms with E-state index in [-0.39, 0.29) is 11.8 Å². The molecule has 1 fully saturated rings. The average molecular weight is 336 g/mol. The summed E-state index contributed by atoms with van der Waals surface area (Å²) in [6.07, 6.45) is 8.00. The lowest BCUT2D eigenvalue weighted by Gasteiger charge is -2.03. The van der Waals surface area contributed by atoms with Crippen molar-refractivity contribution in [3.05, 3.63) is 65.0 Å². The summed E-state index contributed by atoms with van der Waals surface area (Å²) in [5, 5.41) is 5.92. The maximum Gasteiger partial charge on any atom is 0.224 e. The van der Waals surface area contributed by atoms with Gasteiger partial charge in [-0.05, 0) is 36.1 Å². The summed E-state index contributed by atoms with van der Waals surface area (Å²) in [6.45, 7) is 0.477. The monoisotopic (exact) mass is 336 g/mol. The first kappa shape index (κ1) is 15.0. The van der Waals surface area contributed by atoms with Crippen molar-refractivity contribution >= 4 is 17.2 Å². The van der Waals surface area contributed by atoms with Gasteiger partial charge in [0, 0.05) is 41.6 Å². The molecule has 0 unspecified atom stereocenters. The molecule has 3 aromatic rings. The van der Waals surface area contributed by atoms with Crippen molar-refractivity contribution in [2.45, 2.75) is 18.9 Å². The van der Waals surface area contributed by atoms with Crippen LogP contribution in [0.15, 0.2) is 54.4 Å². The minimum absolute atomic E-state index is 0.0637. The largest absolute Gasteiger partial charge is 0.349 e. The van der Waals surface area contributed by atoms with E-state index in [1.807, 2.05) is 35.8 Å². The number of aromatic nitrogens is 3. The maximum absolute atomic E-state index is 12.3. The fourth-order valence-corrected chi connectivity index (χ4v) is 3.53. The van der Waals surface area contributed by atoms with Crippen LogP contribution in [0.4, 0.5) is 0 Å². The van der Waals surface area contributed by atoms with E-state index >= 15 is 0 Å². The van der Waals surface area contributed by atoms with Crippen molar-refractivity contribution in [1.29, 1.82) is 0 Å². The average Bonchev–Trinajstić information content (AvgIpc) is 3.31. The number of carbonyl (C=O) groups excluding carboxylic acids is 1. The summed E-state index contributed by atoms with van der Waals surface area (Å²) >= 11 is 1.56. The Balaban J connectivity index is 1.33. The molecule has 6 heteroatoms. The molecule has 0 bridgehead atoms. The molecule has 1 aliphatic rings. The highest BCUT2D eigenvalue weighted by Crippen LogP contribution is 2.47. The van der Waals surface area contributed by atoms with Gasteiger partial charge in [-0.25, -0.2) is 4.98 Å². The molecule has 0 radical (unpaired) electrons. The lowest BCUT2D eigenvalue weighted by atomic mass is 10.1. The molecule has 0 aliphatic heterocycles. The third-order valence-electron chi connectivity index (χ3n) is 4.18. The minimum Gasteiger partial charge on any atom is -0.349 e. The van der Waals surface area contributed by atoms with E-state index in [4.69, 9.17) is 0 Å². The normalized spacial score (nSPS) is 19.0. The lowest BCUT2D eigenvalue weighted by Crippen LogP contribution is -2.24. The van der Waals surface area contributed by atoms with Crippen LogP contribution in [0.1, 0.15) is 22.9 Å². The van der Waals surface area contributed by atoms with Crippen LogP contribution in [-0.4, -0.2) is 20.9 Å². The summed E-state index contributed by atoms with van der Waals surface area (Å²) in [5.41, 5.74) is 3.11. The number of hydrogen-bond acceptors (Lipinski definition) is 5. The molecule has 2 atom stereocenters. The third kappa shape index (κ3) is 3.19. The Bertz CT molecular complexity index is 834. The van der Waals surface area contributed by atoms with E-state index in [0.717, 1.165) is 28.2 Å². The van der Waals surface area contributed by atoms with Crippen LogP contribution >= 0.6 is 11.3 Å². The van der Waals surface area contributed by atoms with Crippen molar-refractivity contribution in [2.24, 2.45) is 5.92 Å². The molecule has 0 spiro atoms. The van der Waals surface area contributed by atoms with Crippen LogP contribution < -0.4 is 5.32 Å². The Kier molecular flexibility index (Phi) is 4.04. The maximum atomic E-state index is 12.3. The van der Waals surface area contributed by atoms with Crippen LogP contribution in [0.5, 0.6) is 0 Å². The highest BCUT2D eigenvalue weighted by atomic mass is 32.1. The molecule has 1 saturated carbocycles. The van der Waals surface area contributed by atoms with Crippen molar-refractivity contribution in [3.8, 4) is 11.3 Å². The Labute approximate surface area is 143 Å². The molecular formula is C18H16N4OS. The number of hydrogen-bond donors (Lipinski definition) is 1.